The Labute approximate surface area is 123 Å². The van der Waals surface area contributed by atoms with E-state index in [1.807, 2.05) is 31.2 Å². The summed E-state index contributed by atoms with van der Waals surface area (Å²) >= 11 is 0. The lowest BCUT2D eigenvalue weighted by Gasteiger charge is -2.09. The first-order valence-corrected chi connectivity index (χ1v) is 6.86. The smallest absolute Gasteiger partial charge is 0.321 e. The topological polar surface area (TPSA) is 59.9 Å². The second-order valence-corrected chi connectivity index (χ2v) is 4.47. The summed E-state index contributed by atoms with van der Waals surface area (Å²) in [5.74, 6) is 1.10. The van der Waals surface area contributed by atoms with Crippen LogP contribution in [0.2, 0.25) is 0 Å². The molecule has 0 aliphatic rings. The zero-order valence-electron chi connectivity index (χ0n) is 12.0. The maximum absolute atomic E-state index is 5.42. The van der Waals surface area contributed by atoms with E-state index in [4.69, 9.17) is 4.74 Å². The lowest BCUT2D eigenvalue weighted by atomic mass is 10.0. The van der Waals surface area contributed by atoms with Gasteiger partial charge in [-0.05, 0) is 17.7 Å². The fraction of sp³-hybridized carbons (Fsp3) is 0.188. The number of nitrogens with one attached hydrogen (secondary N) is 1. The van der Waals surface area contributed by atoms with E-state index in [2.05, 4.69) is 38.5 Å². The third kappa shape index (κ3) is 2.63. The highest BCUT2D eigenvalue weighted by Gasteiger charge is 2.11. The van der Waals surface area contributed by atoms with E-state index in [9.17, 15) is 0 Å². The Balaban J connectivity index is 2.20. The van der Waals surface area contributed by atoms with Gasteiger partial charge in [0.2, 0.25) is 5.95 Å². The van der Waals surface area contributed by atoms with Crippen molar-refractivity contribution >= 4 is 16.7 Å². The number of nitrogens with zero attached hydrogens (tertiary/aromatic N) is 3. The number of anilines is 1. The van der Waals surface area contributed by atoms with Gasteiger partial charge in [-0.3, -0.25) is 0 Å². The number of rotatable bonds is 4. The summed E-state index contributed by atoms with van der Waals surface area (Å²) in [6.45, 7) is 2.42. The number of hydrogen-bond acceptors (Lipinski definition) is 5. The molecule has 0 unspecified atom stereocenters. The normalized spacial score (nSPS) is 10.6. The van der Waals surface area contributed by atoms with E-state index >= 15 is 0 Å². The second-order valence-electron chi connectivity index (χ2n) is 4.47. The molecule has 1 heterocycles. The number of benzene rings is 2. The summed E-state index contributed by atoms with van der Waals surface area (Å²) in [7, 11) is 1.78. The zero-order chi connectivity index (χ0) is 14.7. The van der Waals surface area contributed by atoms with Crippen molar-refractivity contribution in [1.29, 1.82) is 0 Å². The minimum absolute atomic E-state index is 0.333. The molecule has 5 nitrogen and oxygen atoms in total. The van der Waals surface area contributed by atoms with Crippen LogP contribution < -0.4 is 10.1 Å². The van der Waals surface area contributed by atoms with Gasteiger partial charge in [0.05, 0.1) is 6.61 Å². The summed E-state index contributed by atoms with van der Waals surface area (Å²) < 4.78 is 5.42. The largest absolute Gasteiger partial charge is 0.464 e. The van der Waals surface area contributed by atoms with Crippen LogP contribution in [0.25, 0.3) is 22.2 Å². The Kier molecular flexibility index (Phi) is 3.64. The van der Waals surface area contributed by atoms with Crippen LogP contribution in [0.5, 0.6) is 6.01 Å². The van der Waals surface area contributed by atoms with Crippen molar-refractivity contribution in [3.63, 3.8) is 0 Å². The van der Waals surface area contributed by atoms with Gasteiger partial charge in [-0.2, -0.15) is 15.0 Å². The van der Waals surface area contributed by atoms with Crippen molar-refractivity contribution in [3.8, 4) is 17.4 Å². The average molecular weight is 280 g/mol. The molecule has 0 aliphatic carbocycles. The predicted octanol–water partition coefficient (Wildman–Crippen LogP) is 3.13. The van der Waals surface area contributed by atoms with Gasteiger partial charge in [0.1, 0.15) is 0 Å². The highest BCUT2D eigenvalue weighted by Crippen LogP contribution is 2.27. The Bertz CT molecular complexity index is 768. The molecule has 3 rings (SSSR count). The van der Waals surface area contributed by atoms with Crippen molar-refractivity contribution in [3.05, 3.63) is 42.5 Å². The third-order valence-corrected chi connectivity index (χ3v) is 3.14. The van der Waals surface area contributed by atoms with Crippen LogP contribution in [-0.2, 0) is 0 Å². The molecule has 0 radical (unpaired) electrons. The molecule has 0 fully saturated rings. The van der Waals surface area contributed by atoms with Crippen LogP contribution in [0, 0.1) is 0 Å². The van der Waals surface area contributed by atoms with E-state index in [-0.39, 0.29) is 0 Å². The van der Waals surface area contributed by atoms with Gasteiger partial charge >= 0.3 is 6.01 Å². The van der Waals surface area contributed by atoms with Crippen molar-refractivity contribution in [2.75, 3.05) is 19.0 Å². The Morgan fingerprint density at radius 1 is 1.00 bits per heavy atom. The molecular weight excluding hydrogens is 264 g/mol. The molecule has 2 aromatic carbocycles. The fourth-order valence-electron chi connectivity index (χ4n) is 2.20. The van der Waals surface area contributed by atoms with Gasteiger partial charge in [0, 0.05) is 12.6 Å². The number of hydrogen-bond donors (Lipinski definition) is 1. The average Bonchev–Trinajstić information content (AvgIpc) is 2.54. The molecule has 0 bridgehead atoms. The molecule has 0 aliphatic heterocycles. The van der Waals surface area contributed by atoms with Crippen molar-refractivity contribution in [1.82, 2.24) is 15.0 Å². The van der Waals surface area contributed by atoms with Crippen LogP contribution in [0.15, 0.2) is 42.5 Å². The first-order valence-electron chi connectivity index (χ1n) is 6.86. The van der Waals surface area contributed by atoms with Crippen molar-refractivity contribution in [2.45, 2.75) is 6.92 Å². The van der Waals surface area contributed by atoms with Gasteiger partial charge in [-0.25, -0.2) is 0 Å². The summed E-state index contributed by atoms with van der Waals surface area (Å²) in [5.41, 5.74) is 0.966. The van der Waals surface area contributed by atoms with Crippen LogP contribution in [0.4, 0.5) is 5.95 Å². The van der Waals surface area contributed by atoms with Gasteiger partial charge in [-0.1, -0.05) is 42.5 Å². The van der Waals surface area contributed by atoms with E-state index in [0.29, 0.717) is 24.4 Å². The molecular formula is C16H16N4O. The van der Waals surface area contributed by atoms with E-state index < -0.39 is 0 Å². The highest BCUT2D eigenvalue weighted by molar-refractivity contribution is 5.95. The molecule has 0 saturated carbocycles. The zero-order valence-corrected chi connectivity index (χ0v) is 12.0. The molecule has 106 valence electrons. The minimum Gasteiger partial charge on any atom is -0.464 e. The molecule has 5 heteroatoms. The number of aromatic nitrogens is 3. The highest BCUT2D eigenvalue weighted by atomic mass is 16.5. The Morgan fingerprint density at radius 3 is 2.62 bits per heavy atom. The maximum Gasteiger partial charge on any atom is 0.321 e. The van der Waals surface area contributed by atoms with Crippen LogP contribution in [-0.4, -0.2) is 28.6 Å². The van der Waals surface area contributed by atoms with E-state index in [1.54, 1.807) is 7.05 Å². The van der Waals surface area contributed by atoms with Crippen LogP contribution >= 0.6 is 0 Å². The summed E-state index contributed by atoms with van der Waals surface area (Å²) in [4.78, 5) is 13.0. The lowest BCUT2D eigenvalue weighted by molar-refractivity contribution is 0.312. The Hall–Kier alpha value is -2.69. The van der Waals surface area contributed by atoms with Gasteiger partial charge < -0.3 is 10.1 Å². The lowest BCUT2D eigenvalue weighted by Crippen LogP contribution is -2.05. The van der Waals surface area contributed by atoms with Crippen molar-refractivity contribution in [2.24, 2.45) is 0 Å². The first kappa shape index (κ1) is 13.3. The third-order valence-electron chi connectivity index (χ3n) is 3.14. The predicted molar refractivity (Wildman–Crippen MR) is 83.5 cm³/mol. The summed E-state index contributed by atoms with van der Waals surface area (Å²) in [5, 5.41) is 5.20. The molecule has 0 amide bonds. The molecule has 0 saturated heterocycles. The molecule has 21 heavy (non-hydrogen) atoms. The van der Waals surface area contributed by atoms with Gasteiger partial charge in [-0.15, -0.1) is 0 Å². The SMILES string of the molecule is CCOc1nc(NC)nc(-c2cccc3ccccc23)n1. The molecule has 1 aromatic heterocycles. The van der Waals surface area contributed by atoms with E-state index in [0.717, 1.165) is 16.3 Å². The second kappa shape index (κ2) is 5.75. The van der Waals surface area contributed by atoms with E-state index in [1.165, 1.54) is 0 Å². The molecule has 0 spiro atoms. The van der Waals surface area contributed by atoms with Crippen LogP contribution in [0.3, 0.4) is 0 Å². The maximum atomic E-state index is 5.42. The standard InChI is InChI=1S/C16H16N4O/c1-3-21-16-19-14(18-15(17-2)20-16)13-10-6-8-11-7-4-5-9-12(11)13/h4-10H,3H2,1-2H3,(H,17,18,19,20). The quantitative estimate of drug-likeness (QED) is 0.795. The van der Waals surface area contributed by atoms with Crippen molar-refractivity contribution < 1.29 is 4.74 Å². The summed E-state index contributed by atoms with van der Waals surface area (Å²) in [6.07, 6.45) is 0. The molecule has 1 N–H and O–H groups in total. The summed E-state index contributed by atoms with van der Waals surface area (Å²) in [6, 6.07) is 14.6. The fourth-order valence-corrected chi connectivity index (χ4v) is 2.20. The van der Waals surface area contributed by atoms with Gasteiger partial charge in [0.25, 0.3) is 0 Å². The Morgan fingerprint density at radius 2 is 1.81 bits per heavy atom. The number of ether oxygens (including phenoxy) is 1. The monoisotopic (exact) mass is 280 g/mol. The first-order chi connectivity index (χ1) is 10.3. The van der Waals surface area contributed by atoms with Gasteiger partial charge in [0.15, 0.2) is 5.82 Å². The van der Waals surface area contributed by atoms with Crippen LogP contribution in [0.1, 0.15) is 6.92 Å². The molecule has 0 atom stereocenters. The number of fused-ring (bicyclic) bond motifs is 1. The minimum atomic E-state index is 0.333. The molecule has 3 aromatic rings.